The minimum absolute atomic E-state index is 0.117. The van der Waals surface area contributed by atoms with E-state index in [0.717, 1.165) is 0 Å². The number of carbonyl (C=O) groups excluding carboxylic acids is 1. The number of halogens is 3. The van der Waals surface area contributed by atoms with Crippen LogP contribution in [0.4, 0.5) is 5.69 Å². The summed E-state index contributed by atoms with van der Waals surface area (Å²) in [4.78, 5) is 15.0. The van der Waals surface area contributed by atoms with Gasteiger partial charge in [0.25, 0.3) is 5.91 Å². The normalized spacial score (nSPS) is 9.87. The third kappa shape index (κ3) is 3.09. The molecule has 6 heteroatoms. The Balaban J connectivity index is 3.05. The highest BCUT2D eigenvalue weighted by atomic mass is 35.5. The molecule has 1 N–H and O–H groups in total. The number of rotatable bonds is 2. The fourth-order valence-corrected chi connectivity index (χ4v) is 1.55. The third-order valence-electron chi connectivity index (χ3n) is 1.63. The fraction of sp³-hybridized carbons (Fsp3) is 0.111. The maximum Gasteiger partial charge on any atom is 0.266 e. The van der Waals surface area contributed by atoms with Gasteiger partial charge in [-0.15, -0.1) is 0 Å². The van der Waals surface area contributed by atoms with Crippen LogP contribution in [0.5, 0.6) is 0 Å². The molecule has 1 aromatic heterocycles. The highest BCUT2D eigenvalue weighted by molar-refractivity contribution is 6.44. The number of aromatic nitrogens is 1. The Bertz CT molecular complexity index is 408. The molecule has 0 radical (unpaired) electrons. The van der Waals surface area contributed by atoms with E-state index in [2.05, 4.69) is 16.9 Å². The van der Waals surface area contributed by atoms with Gasteiger partial charge in [0.1, 0.15) is 5.15 Å². The third-order valence-corrected chi connectivity index (χ3v) is 2.26. The predicted molar refractivity (Wildman–Crippen MR) is 62.6 cm³/mol. The summed E-state index contributed by atoms with van der Waals surface area (Å²) in [7, 11) is 0. The van der Waals surface area contributed by atoms with E-state index in [9.17, 15) is 4.79 Å². The van der Waals surface area contributed by atoms with Gasteiger partial charge in [-0.3, -0.25) is 4.79 Å². The quantitative estimate of drug-likeness (QED) is 0.658. The number of pyridine rings is 1. The molecule has 1 heterocycles. The second-order valence-corrected chi connectivity index (χ2v) is 3.99. The van der Waals surface area contributed by atoms with Crippen LogP contribution in [0.1, 0.15) is 5.56 Å². The predicted octanol–water partition coefficient (Wildman–Crippen LogP) is 3.39. The van der Waals surface area contributed by atoms with E-state index >= 15 is 0 Å². The van der Waals surface area contributed by atoms with Crippen molar-refractivity contribution in [2.45, 2.75) is 6.92 Å². The number of nitrogens with zero attached hydrogens (tertiary/aromatic N) is 1. The van der Waals surface area contributed by atoms with Crippen LogP contribution in [0.25, 0.3) is 0 Å². The van der Waals surface area contributed by atoms with Crippen LogP contribution in [0.15, 0.2) is 17.7 Å². The van der Waals surface area contributed by atoms with Crippen molar-refractivity contribution in [1.82, 2.24) is 4.98 Å². The van der Waals surface area contributed by atoms with Crippen LogP contribution in [0.3, 0.4) is 0 Å². The van der Waals surface area contributed by atoms with Crippen LogP contribution in [0.2, 0.25) is 10.3 Å². The molecule has 0 spiro atoms. The van der Waals surface area contributed by atoms with Crippen LogP contribution in [0, 0.1) is 6.92 Å². The van der Waals surface area contributed by atoms with Gasteiger partial charge in [0.2, 0.25) is 0 Å². The maximum atomic E-state index is 11.2. The highest BCUT2D eigenvalue weighted by Crippen LogP contribution is 2.26. The Morgan fingerprint density at radius 3 is 2.60 bits per heavy atom. The molecule has 0 saturated heterocycles. The van der Waals surface area contributed by atoms with Crippen LogP contribution < -0.4 is 5.32 Å². The summed E-state index contributed by atoms with van der Waals surface area (Å²) in [6.07, 6.45) is 0. The van der Waals surface area contributed by atoms with Crippen molar-refractivity contribution < 1.29 is 4.79 Å². The standard InChI is InChI=1S/C9H7Cl3N2O/c1-4-3-6(11)13-8(12)7(4)14-9(15)5(2)10/h3H,2H2,1H3,(H,14,15). The molecule has 15 heavy (non-hydrogen) atoms. The minimum Gasteiger partial charge on any atom is -0.318 e. The molecule has 0 aliphatic heterocycles. The van der Waals surface area contributed by atoms with Crippen molar-refractivity contribution in [3.63, 3.8) is 0 Å². The molecule has 80 valence electrons. The molecule has 0 unspecified atom stereocenters. The largest absolute Gasteiger partial charge is 0.318 e. The first-order valence-electron chi connectivity index (χ1n) is 3.90. The molecule has 0 aliphatic rings. The van der Waals surface area contributed by atoms with E-state index in [1.165, 1.54) is 0 Å². The molecule has 0 bridgehead atoms. The number of amides is 1. The average molecular weight is 266 g/mol. The second kappa shape index (κ2) is 4.84. The summed E-state index contributed by atoms with van der Waals surface area (Å²) in [6.45, 7) is 5.03. The average Bonchev–Trinajstić information content (AvgIpc) is 2.10. The number of hydrogen-bond acceptors (Lipinski definition) is 2. The number of anilines is 1. The summed E-state index contributed by atoms with van der Waals surface area (Å²) in [5.41, 5.74) is 1.08. The van der Waals surface area contributed by atoms with Gasteiger partial charge in [-0.1, -0.05) is 41.4 Å². The van der Waals surface area contributed by atoms with E-state index < -0.39 is 5.91 Å². The van der Waals surface area contributed by atoms with E-state index in [4.69, 9.17) is 34.8 Å². The van der Waals surface area contributed by atoms with Crippen molar-refractivity contribution in [3.8, 4) is 0 Å². The molecular weight excluding hydrogens is 258 g/mol. The maximum absolute atomic E-state index is 11.2. The molecule has 3 nitrogen and oxygen atoms in total. The van der Waals surface area contributed by atoms with Gasteiger partial charge in [-0.2, -0.15) is 0 Å². The molecule has 1 aromatic rings. The summed E-state index contributed by atoms with van der Waals surface area (Å²) in [5.74, 6) is -0.522. The van der Waals surface area contributed by atoms with Gasteiger partial charge in [-0.25, -0.2) is 4.98 Å². The van der Waals surface area contributed by atoms with Crippen LogP contribution >= 0.6 is 34.8 Å². The zero-order valence-electron chi connectivity index (χ0n) is 7.77. The van der Waals surface area contributed by atoms with Crippen molar-refractivity contribution in [2.24, 2.45) is 0 Å². The molecule has 0 aliphatic carbocycles. The lowest BCUT2D eigenvalue weighted by molar-refractivity contribution is -0.112. The zero-order valence-corrected chi connectivity index (χ0v) is 10.0. The number of nitrogens with one attached hydrogen (secondary N) is 1. The van der Waals surface area contributed by atoms with Crippen molar-refractivity contribution in [1.29, 1.82) is 0 Å². The molecule has 1 rings (SSSR count). The van der Waals surface area contributed by atoms with Gasteiger partial charge in [-0.05, 0) is 18.6 Å². The Labute approximate surface area is 102 Å². The smallest absolute Gasteiger partial charge is 0.266 e. The van der Waals surface area contributed by atoms with Gasteiger partial charge >= 0.3 is 0 Å². The van der Waals surface area contributed by atoms with E-state index in [-0.39, 0.29) is 15.3 Å². The number of aryl methyl sites for hydroxylation is 1. The molecule has 0 fully saturated rings. The molecule has 1 amide bonds. The van der Waals surface area contributed by atoms with Gasteiger partial charge in [0.05, 0.1) is 10.7 Å². The second-order valence-electron chi connectivity index (χ2n) is 2.79. The van der Waals surface area contributed by atoms with Crippen LogP contribution in [-0.4, -0.2) is 10.9 Å². The minimum atomic E-state index is -0.522. The van der Waals surface area contributed by atoms with E-state index in [1.54, 1.807) is 13.0 Å². The molecular formula is C9H7Cl3N2O. The van der Waals surface area contributed by atoms with Crippen LogP contribution in [-0.2, 0) is 4.79 Å². The molecule has 0 atom stereocenters. The Morgan fingerprint density at radius 1 is 1.53 bits per heavy atom. The highest BCUT2D eigenvalue weighted by Gasteiger charge is 2.11. The SMILES string of the molecule is C=C(Cl)C(=O)Nc1c(C)cc(Cl)nc1Cl. The Kier molecular flexibility index (Phi) is 3.97. The van der Waals surface area contributed by atoms with E-state index in [0.29, 0.717) is 11.3 Å². The van der Waals surface area contributed by atoms with Gasteiger partial charge in [0.15, 0.2) is 5.15 Å². The van der Waals surface area contributed by atoms with Crippen molar-refractivity contribution in [2.75, 3.05) is 5.32 Å². The Morgan fingerprint density at radius 2 is 2.13 bits per heavy atom. The first kappa shape index (κ1) is 12.3. The zero-order chi connectivity index (χ0) is 11.6. The summed E-state index contributed by atoms with van der Waals surface area (Å²) < 4.78 is 0. The topological polar surface area (TPSA) is 42.0 Å². The number of carbonyl (C=O) groups is 1. The summed E-state index contributed by atoms with van der Waals surface area (Å²) >= 11 is 16.9. The Hall–Kier alpha value is -0.770. The lowest BCUT2D eigenvalue weighted by Crippen LogP contribution is -2.12. The first-order valence-corrected chi connectivity index (χ1v) is 5.03. The lowest BCUT2D eigenvalue weighted by Gasteiger charge is -2.09. The first-order chi connectivity index (χ1) is 6.91. The lowest BCUT2D eigenvalue weighted by atomic mass is 10.2. The fourth-order valence-electron chi connectivity index (χ4n) is 0.927. The van der Waals surface area contributed by atoms with Gasteiger partial charge < -0.3 is 5.32 Å². The van der Waals surface area contributed by atoms with Gasteiger partial charge in [0, 0.05) is 0 Å². The number of hydrogen-bond donors (Lipinski definition) is 1. The monoisotopic (exact) mass is 264 g/mol. The summed E-state index contributed by atoms with van der Waals surface area (Å²) in [6, 6.07) is 1.58. The molecule has 0 aromatic carbocycles. The van der Waals surface area contributed by atoms with E-state index in [1.807, 2.05) is 0 Å². The van der Waals surface area contributed by atoms with Crippen molar-refractivity contribution >= 4 is 46.4 Å². The van der Waals surface area contributed by atoms with Crippen molar-refractivity contribution in [3.05, 3.63) is 33.5 Å². The summed E-state index contributed by atoms with van der Waals surface area (Å²) in [5, 5.41) is 2.74. The molecule has 0 saturated carbocycles.